The zero-order valence-corrected chi connectivity index (χ0v) is 18.7. The van der Waals surface area contributed by atoms with Crippen molar-refractivity contribution < 1.29 is 22.7 Å². The molecular formula is C21H24ClN3O5S. The van der Waals surface area contributed by atoms with Crippen LogP contribution in [0.1, 0.15) is 12.5 Å². The molecule has 0 heterocycles. The molecule has 0 aliphatic carbocycles. The van der Waals surface area contributed by atoms with Crippen LogP contribution in [0.25, 0.3) is 6.08 Å². The highest BCUT2D eigenvalue weighted by Crippen LogP contribution is 2.15. The van der Waals surface area contributed by atoms with Crippen molar-refractivity contribution in [3.8, 4) is 5.75 Å². The minimum atomic E-state index is -3.73. The third-order valence-electron chi connectivity index (χ3n) is 4.12. The summed E-state index contributed by atoms with van der Waals surface area (Å²) >= 11 is 5.81. The molecule has 0 fully saturated rings. The van der Waals surface area contributed by atoms with Gasteiger partial charge in [-0.1, -0.05) is 29.8 Å². The third kappa shape index (κ3) is 8.05. The van der Waals surface area contributed by atoms with Gasteiger partial charge in [0.2, 0.25) is 21.8 Å². The van der Waals surface area contributed by atoms with Gasteiger partial charge < -0.3 is 15.4 Å². The van der Waals surface area contributed by atoms with Crippen LogP contribution < -0.4 is 20.1 Å². The number of sulfonamides is 1. The zero-order chi connectivity index (χ0) is 22.9. The van der Waals surface area contributed by atoms with Crippen LogP contribution in [0.5, 0.6) is 5.75 Å². The Morgan fingerprint density at radius 3 is 2.48 bits per heavy atom. The Bertz CT molecular complexity index is 1040. The molecule has 2 aromatic carbocycles. The van der Waals surface area contributed by atoms with Gasteiger partial charge in [-0.3, -0.25) is 9.59 Å². The second-order valence-electron chi connectivity index (χ2n) is 6.48. The fourth-order valence-corrected chi connectivity index (χ4v) is 3.79. The van der Waals surface area contributed by atoms with Crippen molar-refractivity contribution in [1.29, 1.82) is 0 Å². The van der Waals surface area contributed by atoms with Crippen molar-refractivity contribution in [2.24, 2.45) is 0 Å². The minimum Gasteiger partial charge on any atom is -0.497 e. The maximum Gasteiger partial charge on any atom is 0.244 e. The zero-order valence-electron chi connectivity index (χ0n) is 17.1. The molecule has 1 unspecified atom stereocenters. The van der Waals surface area contributed by atoms with Crippen LogP contribution in [0.4, 0.5) is 0 Å². The van der Waals surface area contributed by atoms with Gasteiger partial charge in [0, 0.05) is 24.2 Å². The van der Waals surface area contributed by atoms with E-state index in [2.05, 4.69) is 15.4 Å². The monoisotopic (exact) mass is 465 g/mol. The lowest BCUT2D eigenvalue weighted by Crippen LogP contribution is -2.46. The quantitative estimate of drug-likeness (QED) is 0.366. The molecule has 0 saturated carbocycles. The van der Waals surface area contributed by atoms with E-state index in [1.54, 1.807) is 43.5 Å². The summed E-state index contributed by atoms with van der Waals surface area (Å²) in [6.45, 7) is 1.57. The maximum absolute atomic E-state index is 12.2. The standard InChI is InChI=1S/C21H24ClN3O5S/c1-15(25-20(26)11-8-16-6-9-18(30-2)10-7-16)21(27)23-12-13-24-31(28,29)19-5-3-4-17(22)14-19/h3-11,14-15,24H,12-13H2,1-2H3,(H,23,27)(H,25,26)/b11-8+. The van der Waals surface area contributed by atoms with Gasteiger partial charge in [0.1, 0.15) is 11.8 Å². The first-order valence-corrected chi connectivity index (χ1v) is 11.2. The molecule has 0 aliphatic rings. The highest BCUT2D eigenvalue weighted by Gasteiger charge is 2.16. The fraction of sp³-hybridized carbons (Fsp3) is 0.238. The second kappa shape index (κ2) is 11.5. The largest absolute Gasteiger partial charge is 0.497 e. The van der Waals surface area contributed by atoms with Gasteiger partial charge in [-0.2, -0.15) is 0 Å². The molecule has 2 rings (SSSR count). The molecule has 0 radical (unpaired) electrons. The Morgan fingerprint density at radius 2 is 1.84 bits per heavy atom. The summed E-state index contributed by atoms with van der Waals surface area (Å²) in [7, 11) is -2.16. The predicted molar refractivity (Wildman–Crippen MR) is 119 cm³/mol. The first kappa shape index (κ1) is 24.4. The van der Waals surface area contributed by atoms with E-state index in [-0.39, 0.29) is 18.0 Å². The van der Waals surface area contributed by atoms with Crippen molar-refractivity contribution in [1.82, 2.24) is 15.4 Å². The van der Waals surface area contributed by atoms with Crippen LogP contribution in [0.3, 0.4) is 0 Å². The van der Waals surface area contributed by atoms with Crippen molar-refractivity contribution in [2.45, 2.75) is 17.9 Å². The molecule has 0 saturated heterocycles. The number of halogens is 1. The van der Waals surface area contributed by atoms with Gasteiger partial charge in [0.15, 0.2) is 0 Å². The molecule has 31 heavy (non-hydrogen) atoms. The van der Waals surface area contributed by atoms with Gasteiger partial charge in [-0.05, 0) is 48.9 Å². The summed E-state index contributed by atoms with van der Waals surface area (Å²) in [6, 6.07) is 12.2. The Balaban J connectivity index is 1.75. The van der Waals surface area contributed by atoms with E-state index in [4.69, 9.17) is 16.3 Å². The SMILES string of the molecule is COc1ccc(/C=C/C(=O)NC(C)C(=O)NCCNS(=O)(=O)c2cccc(Cl)c2)cc1. The van der Waals surface area contributed by atoms with E-state index in [0.717, 1.165) is 5.56 Å². The average molecular weight is 466 g/mol. The van der Waals surface area contributed by atoms with E-state index in [9.17, 15) is 18.0 Å². The molecule has 0 bridgehead atoms. The smallest absolute Gasteiger partial charge is 0.244 e. The number of methoxy groups -OCH3 is 1. The number of hydrogen-bond acceptors (Lipinski definition) is 5. The third-order valence-corrected chi connectivity index (χ3v) is 5.81. The van der Waals surface area contributed by atoms with Crippen molar-refractivity contribution in [3.63, 3.8) is 0 Å². The lowest BCUT2D eigenvalue weighted by atomic mass is 10.2. The molecule has 2 aromatic rings. The lowest BCUT2D eigenvalue weighted by molar-refractivity contribution is -0.126. The summed E-state index contributed by atoms with van der Waals surface area (Å²) in [5, 5.41) is 5.42. The second-order valence-corrected chi connectivity index (χ2v) is 8.69. The first-order chi connectivity index (χ1) is 14.7. The molecule has 0 aromatic heterocycles. The van der Waals surface area contributed by atoms with E-state index in [1.807, 2.05) is 0 Å². The van der Waals surface area contributed by atoms with Gasteiger partial charge >= 0.3 is 0 Å². The van der Waals surface area contributed by atoms with E-state index >= 15 is 0 Å². The van der Waals surface area contributed by atoms with E-state index in [1.165, 1.54) is 31.2 Å². The van der Waals surface area contributed by atoms with Crippen LogP contribution >= 0.6 is 11.6 Å². The number of hydrogen-bond donors (Lipinski definition) is 3. The highest BCUT2D eigenvalue weighted by atomic mass is 35.5. The Morgan fingerprint density at radius 1 is 1.13 bits per heavy atom. The molecule has 1 atom stereocenters. The molecule has 166 valence electrons. The number of amides is 2. The fourth-order valence-electron chi connectivity index (χ4n) is 2.46. The van der Waals surface area contributed by atoms with Crippen LogP contribution in [0.2, 0.25) is 5.02 Å². The van der Waals surface area contributed by atoms with Crippen molar-refractivity contribution >= 4 is 39.5 Å². The van der Waals surface area contributed by atoms with Gasteiger partial charge in [-0.15, -0.1) is 0 Å². The number of benzene rings is 2. The van der Waals surface area contributed by atoms with Crippen LogP contribution in [0, 0.1) is 0 Å². The lowest BCUT2D eigenvalue weighted by Gasteiger charge is -2.13. The summed E-state index contributed by atoms with van der Waals surface area (Å²) < 4.78 is 31.8. The number of carbonyl (C=O) groups is 2. The van der Waals surface area contributed by atoms with Crippen molar-refractivity contribution in [3.05, 3.63) is 65.2 Å². The Kier molecular flexibility index (Phi) is 9.04. The Hall–Kier alpha value is -2.88. The molecule has 8 nitrogen and oxygen atoms in total. The van der Waals surface area contributed by atoms with Gasteiger partial charge in [-0.25, -0.2) is 13.1 Å². The summed E-state index contributed by atoms with van der Waals surface area (Å²) in [4.78, 5) is 24.1. The van der Waals surface area contributed by atoms with Crippen LogP contribution in [0.15, 0.2) is 59.5 Å². The van der Waals surface area contributed by atoms with Crippen LogP contribution in [-0.2, 0) is 19.6 Å². The maximum atomic E-state index is 12.2. The summed E-state index contributed by atoms with van der Waals surface area (Å²) in [5.74, 6) is -0.157. The van der Waals surface area contributed by atoms with Gasteiger partial charge in [0.25, 0.3) is 0 Å². The molecule has 0 aliphatic heterocycles. The minimum absolute atomic E-state index is 0.0153. The van der Waals surface area contributed by atoms with E-state index in [0.29, 0.717) is 10.8 Å². The first-order valence-electron chi connectivity index (χ1n) is 9.37. The molecule has 2 amide bonds. The molecule has 3 N–H and O–H groups in total. The Labute approximate surface area is 186 Å². The topological polar surface area (TPSA) is 114 Å². The molecule has 0 spiro atoms. The summed E-state index contributed by atoms with van der Waals surface area (Å²) in [6.07, 6.45) is 2.94. The van der Waals surface area contributed by atoms with Crippen molar-refractivity contribution in [2.75, 3.05) is 20.2 Å². The number of rotatable bonds is 10. The molecule has 10 heteroatoms. The normalized spacial score (nSPS) is 12.4. The van der Waals surface area contributed by atoms with E-state index < -0.39 is 27.9 Å². The number of ether oxygens (including phenoxy) is 1. The predicted octanol–water partition coefficient (Wildman–Crippen LogP) is 1.96. The average Bonchev–Trinajstić information content (AvgIpc) is 2.75. The molecular weight excluding hydrogens is 442 g/mol. The van der Waals surface area contributed by atoms with Gasteiger partial charge in [0.05, 0.1) is 12.0 Å². The summed E-state index contributed by atoms with van der Waals surface area (Å²) in [5.41, 5.74) is 0.806. The highest BCUT2D eigenvalue weighted by molar-refractivity contribution is 7.89. The van der Waals surface area contributed by atoms with Crippen LogP contribution in [-0.4, -0.2) is 46.5 Å². The number of nitrogens with one attached hydrogen (secondary N) is 3. The number of carbonyl (C=O) groups excluding carboxylic acids is 2.